The molecule has 0 aromatic carbocycles. The number of hydrogen-bond donors (Lipinski definition) is 3. The molecule has 11 unspecified atom stereocenters. The smallest absolute Gasteiger partial charge is 0.307 e. The molecular formula is C35H43NO9. The molecule has 3 aliphatic heterocycles. The molecule has 9 aliphatic rings. The Morgan fingerprint density at radius 1 is 1.00 bits per heavy atom. The average Bonchev–Trinajstić information content (AvgIpc) is 3.02. The standard InChI is InChI=1S/C35H43NO9/c1-17-19-8-9-22-32-16-45-35(44,27(39)25(32)31(2,3)13-10-23(32)37)34(22)24(19)33(17,30(34)43)26(38)18-11-14-36(15-12-18)28(40)20-6-4-5-7-21(20)29(41)42/h4-5,18-22,24-25,27,39,44H,1,6-16H2,2-3H3,(H,41,42). The fourth-order valence-corrected chi connectivity index (χ4v) is 12.5. The quantitative estimate of drug-likeness (QED) is 0.316. The molecule has 9 rings (SSSR count). The van der Waals surface area contributed by atoms with Crippen LogP contribution in [0.3, 0.4) is 0 Å². The number of likely N-dealkylation sites (tertiary alicyclic amines) is 1. The van der Waals surface area contributed by atoms with Gasteiger partial charge in [-0.05, 0) is 62.2 Å². The molecule has 1 amide bonds. The van der Waals surface area contributed by atoms with Crippen molar-refractivity contribution in [1.29, 1.82) is 0 Å². The van der Waals surface area contributed by atoms with E-state index in [9.17, 15) is 39.3 Å². The van der Waals surface area contributed by atoms with Crippen LogP contribution in [0.5, 0.6) is 0 Å². The Labute approximate surface area is 262 Å². The van der Waals surface area contributed by atoms with E-state index >= 15 is 0 Å². The molecule has 0 radical (unpaired) electrons. The normalized spacial score (nSPS) is 49.3. The third kappa shape index (κ3) is 3.02. The fraction of sp³-hybridized carbons (Fsp3) is 0.743. The van der Waals surface area contributed by atoms with Crippen LogP contribution in [-0.2, 0) is 28.7 Å². The first-order chi connectivity index (χ1) is 21.2. The number of rotatable bonds is 4. The number of fused-ring (bicyclic) bond motifs is 1. The molecule has 11 atom stereocenters. The minimum atomic E-state index is -2.19. The van der Waals surface area contributed by atoms with Gasteiger partial charge in [-0.2, -0.15) is 0 Å². The Balaban J connectivity index is 1.09. The van der Waals surface area contributed by atoms with Gasteiger partial charge >= 0.3 is 5.97 Å². The van der Waals surface area contributed by atoms with E-state index in [1.165, 1.54) is 0 Å². The summed E-state index contributed by atoms with van der Waals surface area (Å²) in [5.41, 5.74) is -3.98. The summed E-state index contributed by atoms with van der Waals surface area (Å²) in [7, 11) is 0. The van der Waals surface area contributed by atoms with Crippen LogP contribution in [0.2, 0.25) is 0 Å². The molecule has 0 aromatic rings. The van der Waals surface area contributed by atoms with E-state index in [4.69, 9.17) is 4.74 Å². The second-order valence-electron chi connectivity index (χ2n) is 16.1. The van der Waals surface area contributed by atoms with E-state index in [-0.39, 0.29) is 30.0 Å². The number of ether oxygens (including phenoxy) is 1. The summed E-state index contributed by atoms with van der Waals surface area (Å²) >= 11 is 0. The number of nitrogens with zero attached hydrogens (tertiary/aromatic N) is 1. The maximum atomic E-state index is 14.9. The summed E-state index contributed by atoms with van der Waals surface area (Å²) in [4.78, 5) is 70.2. The van der Waals surface area contributed by atoms with E-state index in [2.05, 4.69) is 6.58 Å². The number of ketones is 3. The van der Waals surface area contributed by atoms with Crippen molar-refractivity contribution in [1.82, 2.24) is 4.90 Å². The van der Waals surface area contributed by atoms with Crippen LogP contribution < -0.4 is 0 Å². The van der Waals surface area contributed by atoms with Gasteiger partial charge in [0.2, 0.25) is 11.7 Å². The van der Waals surface area contributed by atoms with Crippen molar-refractivity contribution in [3.63, 3.8) is 0 Å². The highest BCUT2D eigenvalue weighted by Gasteiger charge is 2.97. The number of aliphatic hydroxyl groups is 2. The summed E-state index contributed by atoms with van der Waals surface area (Å²) in [6, 6.07) is 0. The van der Waals surface area contributed by atoms with Crippen molar-refractivity contribution in [3.8, 4) is 0 Å². The summed E-state index contributed by atoms with van der Waals surface area (Å²) < 4.78 is 6.10. The van der Waals surface area contributed by atoms with Crippen molar-refractivity contribution >= 4 is 29.2 Å². The van der Waals surface area contributed by atoms with Crippen molar-refractivity contribution in [2.75, 3.05) is 19.7 Å². The van der Waals surface area contributed by atoms with Gasteiger partial charge in [0.1, 0.15) is 17.3 Å². The number of Topliss-reactive ketones (excluding diaryl/α,β-unsaturated/α-hetero) is 3. The molecule has 3 N–H and O–H groups in total. The van der Waals surface area contributed by atoms with Crippen LogP contribution in [0.1, 0.15) is 65.2 Å². The van der Waals surface area contributed by atoms with Gasteiger partial charge in [-0.3, -0.25) is 24.0 Å². The van der Waals surface area contributed by atoms with Gasteiger partial charge in [-0.25, -0.2) is 0 Å². The van der Waals surface area contributed by atoms with Crippen LogP contribution in [0, 0.1) is 63.1 Å². The molecular weight excluding hydrogens is 578 g/mol. The lowest BCUT2D eigenvalue weighted by Crippen LogP contribution is -2.95. The molecule has 8 fully saturated rings. The lowest BCUT2D eigenvalue weighted by atomic mass is 9.18. The number of hydrogen-bond acceptors (Lipinski definition) is 8. The molecule has 3 saturated heterocycles. The molecule has 3 heterocycles. The first kappa shape index (κ1) is 29.7. The van der Waals surface area contributed by atoms with E-state index in [1.54, 1.807) is 11.0 Å². The molecule has 2 spiro atoms. The molecule has 5 saturated carbocycles. The third-order valence-electron chi connectivity index (χ3n) is 14.4. The predicted molar refractivity (Wildman–Crippen MR) is 157 cm³/mol. The van der Waals surface area contributed by atoms with Crippen LogP contribution >= 0.6 is 0 Å². The summed E-state index contributed by atoms with van der Waals surface area (Å²) in [6.07, 6.45) is 5.70. The number of carbonyl (C=O) groups excluding carboxylic acids is 4. The number of piperidine rings is 1. The van der Waals surface area contributed by atoms with Crippen molar-refractivity contribution in [2.24, 2.45) is 63.1 Å². The first-order valence-corrected chi connectivity index (χ1v) is 16.8. The van der Waals surface area contributed by atoms with Crippen molar-refractivity contribution in [2.45, 2.75) is 77.1 Å². The van der Waals surface area contributed by atoms with E-state index in [0.29, 0.717) is 70.0 Å². The van der Waals surface area contributed by atoms with Gasteiger partial charge < -0.3 is 25.0 Å². The van der Waals surface area contributed by atoms with E-state index in [0.717, 1.165) is 0 Å². The summed E-state index contributed by atoms with van der Waals surface area (Å²) in [6.45, 7) is 8.86. The van der Waals surface area contributed by atoms with Crippen LogP contribution in [0.4, 0.5) is 0 Å². The Morgan fingerprint density at radius 3 is 2.33 bits per heavy atom. The molecule has 10 heteroatoms. The SMILES string of the molecule is C=C1C2CCC3C45COC(O)(C(O)C4C(C)(C)CCC5=O)C34C(=O)C1(C(=O)C1CCN(C(=O)C3CC=CCC3C(=O)O)CC1)C24. The molecule has 6 aliphatic carbocycles. The van der Waals surface area contributed by atoms with E-state index < -0.39 is 80.8 Å². The maximum Gasteiger partial charge on any atom is 0.307 e. The zero-order valence-electron chi connectivity index (χ0n) is 26.0. The topological polar surface area (TPSA) is 159 Å². The van der Waals surface area contributed by atoms with Gasteiger partial charge in [-0.15, -0.1) is 0 Å². The number of aliphatic carboxylic acids is 1. The number of carboxylic acid groups (broad SMARTS) is 1. The van der Waals surface area contributed by atoms with Crippen molar-refractivity contribution < 1.29 is 44.0 Å². The predicted octanol–water partition coefficient (Wildman–Crippen LogP) is 2.31. The Bertz CT molecular complexity index is 1490. The van der Waals surface area contributed by atoms with Gasteiger partial charge in [-0.1, -0.05) is 38.2 Å². The van der Waals surface area contributed by atoms with Crippen LogP contribution in [0.25, 0.3) is 0 Å². The van der Waals surface area contributed by atoms with Crippen molar-refractivity contribution in [3.05, 3.63) is 24.3 Å². The first-order valence-electron chi connectivity index (χ1n) is 16.8. The highest BCUT2D eigenvalue weighted by molar-refractivity contribution is 6.21. The fourth-order valence-electron chi connectivity index (χ4n) is 12.5. The number of aliphatic hydroxyl groups excluding tert-OH is 1. The largest absolute Gasteiger partial charge is 0.481 e. The maximum absolute atomic E-state index is 14.9. The monoisotopic (exact) mass is 621 g/mol. The highest BCUT2D eigenvalue weighted by atomic mass is 16.6. The lowest BCUT2D eigenvalue weighted by Gasteiger charge is -2.84. The Morgan fingerprint density at radius 2 is 1.67 bits per heavy atom. The van der Waals surface area contributed by atoms with Gasteiger partial charge in [0.25, 0.3) is 0 Å². The van der Waals surface area contributed by atoms with E-state index in [1.807, 2.05) is 19.9 Å². The molecule has 2 bridgehead atoms. The lowest BCUT2D eigenvalue weighted by molar-refractivity contribution is -0.460. The number of carbonyl (C=O) groups is 5. The second kappa shape index (κ2) is 9.01. The summed E-state index contributed by atoms with van der Waals surface area (Å²) in [5, 5.41) is 33.9. The van der Waals surface area contributed by atoms with Gasteiger partial charge in [0.15, 0.2) is 11.6 Å². The third-order valence-corrected chi connectivity index (χ3v) is 14.4. The average molecular weight is 622 g/mol. The second-order valence-corrected chi connectivity index (χ2v) is 16.1. The molecule has 0 aromatic heterocycles. The number of allylic oxidation sites excluding steroid dienone is 3. The number of carboxylic acids is 1. The zero-order valence-corrected chi connectivity index (χ0v) is 26.0. The van der Waals surface area contributed by atoms with Crippen LogP contribution in [0.15, 0.2) is 24.3 Å². The molecule has 45 heavy (non-hydrogen) atoms. The highest BCUT2D eigenvalue weighted by Crippen LogP contribution is 2.87. The minimum absolute atomic E-state index is 0.0131. The van der Waals surface area contributed by atoms with Gasteiger partial charge in [0, 0.05) is 37.3 Å². The zero-order chi connectivity index (χ0) is 32.1. The molecule has 10 nitrogen and oxygen atoms in total. The Hall–Kier alpha value is -2.69. The Kier molecular flexibility index (Phi) is 5.95. The minimum Gasteiger partial charge on any atom is -0.481 e. The molecule has 242 valence electrons. The number of amides is 1. The van der Waals surface area contributed by atoms with Crippen LogP contribution in [-0.4, -0.2) is 81.0 Å². The van der Waals surface area contributed by atoms with Gasteiger partial charge in [0.05, 0.1) is 29.3 Å². The summed E-state index contributed by atoms with van der Waals surface area (Å²) in [5.74, 6) is -7.82.